The van der Waals surface area contributed by atoms with E-state index in [1.54, 1.807) is 0 Å². The van der Waals surface area contributed by atoms with Gasteiger partial charge in [0.2, 0.25) is 0 Å². The Balaban J connectivity index is 2.36. The van der Waals surface area contributed by atoms with Gasteiger partial charge in [-0.3, -0.25) is 0 Å². The van der Waals surface area contributed by atoms with Crippen molar-refractivity contribution in [1.82, 2.24) is 4.90 Å². The lowest BCUT2D eigenvalue weighted by atomic mass is 10.2. The van der Waals surface area contributed by atoms with Crippen LogP contribution in [0.1, 0.15) is 19.4 Å². The molecule has 0 heterocycles. The Bertz CT molecular complexity index is 298. The molecule has 1 rings (SSSR count). The van der Waals surface area contributed by atoms with Gasteiger partial charge in [-0.2, -0.15) is 0 Å². The number of rotatable bonds is 7. The largest absolute Gasteiger partial charge is 0.492 e. The highest BCUT2D eigenvalue weighted by Gasteiger charge is 1.99. The van der Waals surface area contributed by atoms with E-state index >= 15 is 0 Å². The van der Waals surface area contributed by atoms with Gasteiger partial charge >= 0.3 is 0 Å². The molecule has 0 radical (unpaired) electrons. The number of nitrogens with two attached hydrogens (primary N) is 1. The predicted octanol–water partition coefficient (Wildman–Crippen LogP) is 1.87. The van der Waals surface area contributed by atoms with E-state index in [2.05, 4.69) is 18.7 Å². The molecule has 0 amide bonds. The third-order valence-electron chi connectivity index (χ3n) is 2.70. The van der Waals surface area contributed by atoms with Gasteiger partial charge < -0.3 is 15.4 Å². The Morgan fingerprint density at radius 1 is 1.25 bits per heavy atom. The molecule has 0 bridgehead atoms. The average Bonchev–Trinajstić information content (AvgIpc) is 2.35. The summed E-state index contributed by atoms with van der Waals surface area (Å²) in [5, 5.41) is 0. The fourth-order valence-corrected chi connectivity index (χ4v) is 1.59. The van der Waals surface area contributed by atoms with Crippen LogP contribution in [0.25, 0.3) is 0 Å². The third-order valence-corrected chi connectivity index (χ3v) is 2.70. The first-order chi connectivity index (χ1) is 7.80. The Labute approximate surface area is 98.2 Å². The summed E-state index contributed by atoms with van der Waals surface area (Å²) in [6.45, 7) is 8.74. The Hall–Kier alpha value is -1.06. The van der Waals surface area contributed by atoms with Crippen LogP contribution in [0.5, 0.6) is 5.75 Å². The standard InChI is InChI=1S/C13H22N2O/c1-3-15(4-2)8-9-16-13-7-5-6-12(10-13)11-14/h5-7,10H,3-4,8-9,11,14H2,1-2H3. The van der Waals surface area contributed by atoms with Gasteiger partial charge in [0.1, 0.15) is 12.4 Å². The first kappa shape index (κ1) is 13.0. The van der Waals surface area contributed by atoms with Gasteiger partial charge in [0.25, 0.3) is 0 Å². The van der Waals surface area contributed by atoms with Crippen LogP contribution in [0, 0.1) is 0 Å². The van der Waals surface area contributed by atoms with E-state index in [9.17, 15) is 0 Å². The summed E-state index contributed by atoms with van der Waals surface area (Å²) < 4.78 is 5.69. The number of hydrogen-bond donors (Lipinski definition) is 1. The van der Waals surface area contributed by atoms with E-state index in [0.717, 1.165) is 37.6 Å². The second kappa shape index (κ2) is 7.25. The second-order valence-electron chi connectivity index (χ2n) is 3.73. The van der Waals surface area contributed by atoms with Crippen molar-refractivity contribution in [3.05, 3.63) is 29.8 Å². The normalized spacial score (nSPS) is 10.8. The van der Waals surface area contributed by atoms with Gasteiger partial charge in [-0.05, 0) is 30.8 Å². The van der Waals surface area contributed by atoms with Gasteiger partial charge in [-0.15, -0.1) is 0 Å². The molecule has 0 atom stereocenters. The van der Waals surface area contributed by atoms with Crippen molar-refractivity contribution in [2.24, 2.45) is 5.73 Å². The molecule has 3 nitrogen and oxygen atoms in total. The molecule has 16 heavy (non-hydrogen) atoms. The van der Waals surface area contributed by atoms with Crippen molar-refractivity contribution in [2.45, 2.75) is 20.4 Å². The number of likely N-dealkylation sites (N-methyl/N-ethyl adjacent to an activating group) is 1. The number of benzene rings is 1. The predicted molar refractivity (Wildman–Crippen MR) is 67.6 cm³/mol. The van der Waals surface area contributed by atoms with E-state index in [-0.39, 0.29) is 0 Å². The minimum Gasteiger partial charge on any atom is -0.492 e. The monoisotopic (exact) mass is 222 g/mol. The summed E-state index contributed by atoms with van der Waals surface area (Å²) in [7, 11) is 0. The first-order valence-corrected chi connectivity index (χ1v) is 5.94. The fraction of sp³-hybridized carbons (Fsp3) is 0.538. The van der Waals surface area contributed by atoms with E-state index in [1.165, 1.54) is 0 Å². The van der Waals surface area contributed by atoms with Crippen LogP contribution in [0.2, 0.25) is 0 Å². The van der Waals surface area contributed by atoms with E-state index in [0.29, 0.717) is 6.54 Å². The van der Waals surface area contributed by atoms with Crippen LogP contribution in [0.4, 0.5) is 0 Å². The van der Waals surface area contributed by atoms with Gasteiger partial charge in [0.05, 0.1) is 0 Å². The molecule has 0 aliphatic heterocycles. The highest BCUT2D eigenvalue weighted by atomic mass is 16.5. The molecule has 0 fully saturated rings. The van der Waals surface area contributed by atoms with Crippen LogP contribution in [-0.4, -0.2) is 31.1 Å². The van der Waals surface area contributed by atoms with Crippen molar-refractivity contribution < 1.29 is 4.74 Å². The average molecular weight is 222 g/mol. The summed E-state index contributed by atoms with van der Waals surface area (Å²) >= 11 is 0. The SMILES string of the molecule is CCN(CC)CCOc1cccc(CN)c1. The molecule has 1 aromatic carbocycles. The van der Waals surface area contributed by atoms with E-state index < -0.39 is 0 Å². The summed E-state index contributed by atoms with van der Waals surface area (Å²) in [6, 6.07) is 7.97. The topological polar surface area (TPSA) is 38.5 Å². The molecule has 0 aliphatic carbocycles. The number of hydrogen-bond acceptors (Lipinski definition) is 3. The zero-order valence-electron chi connectivity index (χ0n) is 10.3. The van der Waals surface area contributed by atoms with Gasteiger partial charge in [-0.25, -0.2) is 0 Å². The fourth-order valence-electron chi connectivity index (χ4n) is 1.59. The highest BCUT2D eigenvalue weighted by molar-refractivity contribution is 5.28. The number of nitrogens with zero attached hydrogens (tertiary/aromatic N) is 1. The van der Waals surface area contributed by atoms with Crippen LogP contribution in [0.3, 0.4) is 0 Å². The minimum absolute atomic E-state index is 0.563. The zero-order valence-corrected chi connectivity index (χ0v) is 10.3. The summed E-state index contributed by atoms with van der Waals surface area (Å²) in [6.07, 6.45) is 0. The Morgan fingerprint density at radius 3 is 2.62 bits per heavy atom. The Morgan fingerprint density at radius 2 is 2.00 bits per heavy atom. The molecule has 2 N–H and O–H groups in total. The van der Waals surface area contributed by atoms with Crippen LogP contribution >= 0.6 is 0 Å². The van der Waals surface area contributed by atoms with Gasteiger partial charge in [0.15, 0.2) is 0 Å². The van der Waals surface area contributed by atoms with Crippen LogP contribution in [-0.2, 0) is 6.54 Å². The van der Waals surface area contributed by atoms with Crippen molar-refractivity contribution in [1.29, 1.82) is 0 Å². The molecule has 0 saturated heterocycles. The maximum Gasteiger partial charge on any atom is 0.119 e. The van der Waals surface area contributed by atoms with Gasteiger partial charge in [0, 0.05) is 13.1 Å². The maximum atomic E-state index is 5.69. The van der Waals surface area contributed by atoms with Crippen LogP contribution < -0.4 is 10.5 Å². The smallest absolute Gasteiger partial charge is 0.119 e. The number of ether oxygens (including phenoxy) is 1. The molecule has 90 valence electrons. The minimum atomic E-state index is 0.563. The lowest BCUT2D eigenvalue weighted by molar-refractivity contribution is 0.222. The summed E-state index contributed by atoms with van der Waals surface area (Å²) in [4.78, 5) is 2.34. The zero-order chi connectivity index (χ0) is 11.8. The van der Waals surface area contributed by atoms with E-state index in [1.807, 2.05) is 24.3 Å². The van der Waals surface area contributed by atoms with E-state index in [4.69, 9.17) is 10.5 Å². The molecule has 0 unspecified atom stereocenters. The molecule has 1 aromatic rings. The third kappa shape index (κ3) is 4.21. The summed E-state index contributed by atoms with van der Waals surface area (Å²) in [5.41, 5.74) is 6.69. The molecule has 3 heteroatoms. The van der Waals surface area contributed by atoms with Crippen molar-refractivity contribution in [3.8, 4) is 5.75 Å². The lowest BCUT2D eigenvalue weighted by Gasteiger charge is -2.18. The van der Waals surface area contributed by atoms with Gasteiger partial charge in [-0.1, -0.05) is 26.0 Å². The molecular formula is C13H22N2O. The molecular weight excluding hydrogens is 200 g/mol. The molecule has 0 spiro atoms. The molecule has 0 aliphatic rings. The van der Waals surface area contributed by atoms with Crippen molar-refractivity contribution >= 4 is 0 Å². The van der Waals surface area contributed by atoms with Crippen LogP contribution in [0.15, 0.2) is 24.3 Å². The lowest BCUT2D eigenvalue weighted by Crippen LogP contribution is -2.27. The molecule has 0 aromatic heterocycles. The Kier molecular flexibility index (Phi) is 5.90. The van der Waals surface area contributed by atoms with Crippen molar-refractivity contribution in [2.75, 3.05) is 26.2 Å². The summed E-state index contributed by atoms with van der Waals surface area (Å²) in [5.74, 6) is 0.912. The second-order valence-corrected chi connectivity index (χ2v) is 3.73. The maximum absolute atomic E-state index is 5.69. The first-order valence-electron chi connectivity index (χ1n) is 5.94. The highest BCUT2D eigenvalue weighted by Crippen LogP contribution is 2.12. The quantitative estimate of drug-likeness (QED) is 0.765. The molecule has 0 saturated carbocycles. The van der Waals surface area contributed by atoms with Crippen molar-refractivity contribution in [3.63, 3.8) is 0 Å².